The van der Waals surface area contributed by atoms with Crippen molar-refractivity contribution in [3.8, 4) is 0 Å². The number of rotatable bonds is 4. The summed E-state index contributed by atoms with van der Waals surface area (Å²) < 4.78 is 1.13. The third-order valence-corrected chi connectivity index (χ3v) is 5.00. The number of hydrogen-bond donors (Lipinski definition) is 2. The first-order valence-corrected chi connectivity index (χ1v) is 9.03. The lowest BCUT2D eigenvalue weighted by atomic mass is 10.2. The molecule has 2 N–H and O–H groups in total. The summed E-state index contributed by atoms with van der Waals surface area (Å²) in [5.74, 6) is 1.77. The number of nitrogens with zero attached hydrogens (tertiary/aromatic N) is 2. The second-order valence-electron chi connectivity index (χ2n) is 6.34. The van der Waals surface area contributed by atoms with Crippen LogP contribution in [0.2, 0.25) is 0 Å². The summed E-state index contributed by atoms with van der Waals surface area (Å²) in [4.78, 5) is 7.02. The summed E-state index contributed by atoms with van der Waals surface area (Å²) in [6.45, 7) is 7.32. The summed E-state index contributed by atoms with van der Waals surface area (Å²) in [5.41, 5.74) is 1.30. The van der Waals surface area contributed by atoms with E-state index in [0.29, 0.717) is 12.1 Å². The van der Waals surface area contributed by atoms with Crippen molar-refractivity contribution in [2.75, 3.05) is 24.5 Å². The largest absolute Gasteiger partial charge is 0.369 e. The molecule has 0 radical (unpaired) electrons. The lowest BCUT2D eigenvalue weighted by Crippen LogP contribution is -2.45. The van der Waals surface area contributed by atoms with Crippen LogP contribution in [0.3, 0.4) is 0 Å². The molecule has 0 aromatic heterocycles. The van der Waals surface area contributed by atoms with Gasteiger partial charge in [-0.3, -0.25) is 4.99 Å². The fraction of sp³-hybridized carbons (Fsp3) is 0.588. The molecule has 0 spiro atoms. The number of halogens is 2. The normalized spacial score (nSPS) is 26.7. The highest BCUT2D eigenvalue weighted by molar-refractivity contribution is 14.0. The van der Waals surface area contributed by atoms with Gasteiger partial charge in [-0.05, 0) is 49.9 Å². The summed E-state index contributed by atoms with van der Waals surface area (Å²) in [5, 5.41) is 7.15. The number of benzene rings is 1. The predicted molar refractivity (Wildman–Crippen MR) is 112 cm³/mol. The summed E-state index contributed by atoms with van der Waals surface area (Å²) >= 11 is 3.49. The van der Waals surface area contributed by atoms with Crippen molar-refractivity contribution < 1.29 is 0 Å². The third-order valence-electron chi connectivity index (χ3n) is 4.47. The van der Waals surface area contributed by atoms with E-state index in [-0.39, 0.29) is 24.0 Å². The van der Waals surface area contributed by atoms with Gasteiger partial charge in [-0.15, -0.1) is 24.0 Å². The van der Waals surface area contributed by atoms with Crippen molar-refractivity contribution in [1.29, 1.82) is 0 Å². The van der Waals surface area contributed by atoms with Crippen LogP contribution in [0.4, 0.5) is 5.69 Å². The van der Waals surface area contributed by atoms with Crippen LogP contribution in [0.15, 0.2) is 33.7 Å². The lowest BCUT2D eigenvalue weighted by molar-refractivity contribution is 0.641. The van der Waals surface area contributed by atoms with Crippen molar-refractivity contribution in [1.82, 2.24) is 10.6 Å². The average molecular weight is 493 g/mol. The van der Waals surface area contributed by atoms with Crippen LogP contribution in [0, 0.1) is 5.92 Å². The molecule has 0 bridgehead atoms. The molecule has 2 fully saturated rings. The van der Waals surface area contributed by atoms with E-state index in [1.165, 1.54) is 12.1 Å². The highest BCUT2D eigenvalue weighted by atomic mass is 127. The van der Waals surface area contributed by atoms with Crippen molar-refractivity contribution in [3.63, 3.8) is 0 Å². The topological polar surface area (TPSA) is 39.7 Å². The van der Waals surface area contributed by atoms with E-state index in [1.54, 1.807) is 0 Å². The number of anilines is 1. The van der Waals surface area contributed by atoms with Crippen LogP contribution in [0.25, 0.3) is 0 Å². The molecule has 1 aliphatic heterocycles. The van der Waals surface area contributed by atoms with Crippen LogP contribution in [-0.4, -0.2) is 37.7 Å². The molecule has 1 saturated carbocycles. The molecule has 6 heteroatoms. The zero-order valence-electron chi connectivity index (χ0n) is 13.8. The monoisotopic (exact) mass is 492 g/mol. The van der Waals surface area contributed by atoms with Crippen LogP contribution in [0.5, 0.6) is 0 Å². The third kappa shape index (κ3) is 5.24. The molecule has 3 rings (SSSR count). The molecule has 2 aliphatic rings. The SMILES string of the molecule is CCN=C(NC1CCN(c2ccc(Br)cc2)C1)NC1CC1C.I. The first-order valence-electron chi connectivity index (χ1n) is 8.23. The Balaban J connectivity index is 0.00000192. The number of hydrogen-bond acceptors (Lipinski definition) is 2. The Bertz CT molecular complexity index is 534. The highest BCUT2D eigenvalue weighted by Gasteiger charge is 2.34. The van der Waals surface area contributed by atoms with E-state index < -0.39 is 0 Å². The van der Waals surface area contributed by atoms with Crippen molar-refractivity contribution >= 4 is 51.6 Å². The molecule has 1 saturated heterocycles. The quantitative estimate of drug-likeness (QED) is 0.383. The Hall–Kier alpha value is -0.500. The van der Waals surface area contributed by atoms with Gasteiger partial charge in [0.25, 0.3) is 0 Å². The van der Waals surface area contributed by atoms with Gasteiger partial charge < -0.3 is 15.5 Å². The maximum absolute atomic E-state index is 4.58. The van der Waals surface area contributed by atoms with Gasteiger partial charge in [-0.25, -0.2) is 0 Å². The smallest absolute Gasteiger partial charge is 0.191 e. The van der Waals surface area contributed by atoms with Gasteiger partial charge in [-0.2, -0.15) is 0 Å². The molecule has 3 unspecified atom stereocenters. The van der Waals surface area contributed by atoms with E-state index in [4.69, 9.17) is 0 Å². The fourth-order valence-corrected chi connectivity index (χ4v) is 3.21. The second kappa shape index (κ2) is 8.55. The first kappa shape index (κ1) is 18.8. The van der Waals surface area contributed by atoms with Crippen LogP contribution >= 0.6 is 39.9 Å². The van der Waals surface area contributed by atoms with Crippen molar-refractivity contribution in [2.24, 2.45) is 10.9 Å². The standard InChI is InChI=1S/C17H25BrN4.HI/c1-3-19-17(21-16-10-12(16)2)20-14-8-9-22(11-14)15-6-4-13(18)5-7-15;/h4-7,12,14,16H,3,8-11H2,1-2H3,(H2,19,20,21);1H. The molecule has 4 nitrogen and oxygen atoms in total. The molecular formula is C17H26BrIN4. The fourth-order valence-electron chi connectivity index (χ4n) is 2.95. The molecule has 1 aromatic rings. The molecule has 1 aliphatic carbocycles. The number of aliphatic imine (C=N–C) groups is 1. The van der Waals surface area contributed by atoms with E-state index in [0.717, 1.165) is 42.4 Å². The Morgan fingerprint density at radius 1 is 1.30 bits per heavy atom. The summed E-state index contributed by atoms with van der Waals surface area (Å²) in [7, 11) is 0. The molecule has 3 atom stereocenters. The Labute approximate surface area is 164 Å². The van der Waals surface area contributed by atoms with Gasteiger partial charge in [-0.1, -0.05) is 22.9 Å². The van der Waals surface area contributed by atoms with Gasteiger partial charge in [0, 0.05) is 41.9 Å². The molecular weight excluding hydrogens is 467 g/mol. The Morgan fingerprint density at radius 3 is 2.61 bits per heavy atom. The van der Waals surface area contributed by atoms with E-state index in [1.807, 2.05) is 0 Å². The first-order chi connectivity index (χ1) is 10.7. The zero-order valence-corrected chi connectivity index (χ0v) is 17.7. The summed E-state index contributed by atoms with van der Waals surface area (Å²) in [6, 6.07) is 9.65. The van der Waals surface area contributed by atoms with Gasteiger partial charge in [0.15, 0.2) is 5.96 Å². The van der Waals surface area contributed by atoms with Gasteiger partial charge in [0.1, 0.15) is 0 Å². The molecule has 128 valence electrons. The Kier molecular flexibility index (Phi) is 7.00. The Morgan fingerprint density at radius 2 is 2.00 bits per heavy atom. The van der Waals surface area contributed by atoms with Gasteiger partial charge in [0.05, 0.1) is 0 Å². The van der Waals surface area contributed by atoms with E-state index >= 15 is 0 Å². The molecule has 23 heavy (non-hydrogen) atoms. The van der Waals surface area contributed by atoms with E-state index in [2.05, 4.69) is 74.6 Å². The average Bonchev–Trinajstić information content (AvgIpc) is 2.99. The molecule has 1 heterocycles. The van der Waals surface area contributed by atoms with Crippen molar-refractivity contribution in [2.45, 2.75) is 38.8 Å². The minimum Gasteiger partial charge on any atom is -0.369 e. The van der Waals surface area contributed by atoms with Crippen molar-refractivity contribution in [3.05, 3.63) is 28.7 Å². The highest BCUT2D eigenvalue weighted by Crippen LogP contribution is 2.29. The number of nitrogens with one attached hydrogen (secondary N) is 2. The second-order valence-corrected chi connectivity index (χ2v) is 7.25. The zero-order chi connectivity index (χ0) is 15.5. The van der Waals surface area contributed by atoms with E-state index in [9.17, 15) is 0 Å². The van der Waals surface area contributed by atoms with Gasteiger partial charge >= 0.3 is 0 Å². The maximum atomic E-state index is 4.58. The summed E-state index contributed by atoms with van der Waals surface area (Å²) in [6.07, 6.45) is 2.42. The number of guanidine groups is 1. The van der Waals surface area contributed by atoms with Crippen LogP contribution in [-0.2, 0) is 0 Å². The van der Waals surface area contributed by atoms with Crippen LogP contribution < -0.4 is 15.5 Å². The maximum Gasteiger partial charge on any atom is 0.191 e. The minimum absolute atomic E-state index is 0. The molecule has 0 amide bonds. The minimum atomic E-state index is 0. The molecule has 1 aromatic carbocycles. The van der Waals surface area contributed by atoms with Crippen LogP contribution in [0.1, 0.15) is 26.7 Å². The van der Waals surface area contributed by atoms with Gasteiger partial charge in [0.2, 0.25) is 0 Å². The predicted octanol–water partition coefficient (Wildman–Crippen LogP) is 3.61. The lowest BCUT2D eigenvalue weighted by Gasteiger charge is -2.20.